The van der Waals surface area contributed by atoms with Gasteiger partial charge in [-0.2, -0.15) is 0 Å². The van der Waals surface area contributed by atoms with Gasteiger partial charge in [0.1, 0.15) is 0 Å². The molecule has 2 aromatic heterocycles. The number of hydrogen-bond donors (Lipinski definition) is 0. The SMILES string of the molecule is O=C/C(=C\c1ccccn1)c1ccccn1. The molecule has 2 rings (SSSR count). The van der Waals surface area contributed by atoms with Crippen molar-refractivity contribution in [1.29, 1.82) is 0 Å². The van der Waals surface area contributed by atoms with Crippen LogP contribution in [-0.4, -0.2) is 16.3 Å². The van der Waals surface area contributed by atoms with Crippen LogP contribution < -0.4 is 0 Å². The van der Waals surface area contributed by atoms with Gasteiger partial charge >= 0.3 is 0 Å². The van der Waals surface area contributed by atoms with Crippen LogP contribution in [0.1, 0.15) is 11.4 Å². The summed E-state index contributed by atoms with van der Waals surface area (Å²) in [6, 6.07) is 11.0. The number of carbonyl (C=O) groups is 1. The normalized spacial score (nSPS) is 11.1. The van der Waals surface area contributed by atoms with Gasteiger partial charge in [0, 0.05) is 18.0 Å². The van der Waals surface area contributed by atoms with E-state index >= 15 is 0 Å². The first-order valence-electron chi connectivity index (χ1n) is 4.89. The lowest BCUT2D eigenvalue weighted by Gasteiger charge is -1.98. The van der Waals surface area contributed by atoms with Crippen LogP contribution in [-0.2, 0) is 4.79 Å². The summed E-state index contributed by atoms with van der Waals surface area (Å²) >= 11 is 0. The first kappa shape index (κ1) is 10.2. The van der Waals surface area contributed by atoms with E-state index in [-0.39, 0.29) is 0 Å². The first-order chi connectivity index (χ1) is 7.90. The molecule has 0 saturated heterocycles. The average molecular weight is 210 g/mol. The summed E-state index contributed by atoms with van der Waals surface area (Å²) in [5.74, 6) is 0. The zero-order chi connectivity index (χ0) is 11.2. The predicted molar refractivity (Wildman–Crippen MR) is 62.4 cm³/mol. The number of nitrogens with zero attached hydrogens (tertiary/aromatic N) is 2. The van der Waals surface area contributed by atoms with Gasteiger partial charge in [-0.25, -0.2) is 0 Å². The lowest BCUT2D eigenvalue weighted by molar-refractivity contribution is -0.103. The molecule has 78 valence electrons. The molecule has 0 aliphatic rings. The topological polar surface area (TPSA) is 42.9 Å². The second-order valence-corrected chi connectivity index (χ2v) is 3.19. The van der Waals surface area contributed by atoms with E-state index in [1.807, 2.05) is 30.3 Å². The molecule has 2 aromatic rings. The maximum absolute atomic E-state index is 11.0. The number of rotatable bonds is 3. The minimum atomic E-state index is 0.527. The molecule has 0 aromatic carbocycles. The molecule has 0 atom stereocenters. The standard InChI is InChI=1S/C13H10N2O/c16-10-11(13-6-2-4-8-15-13)9-12-5-1-3-7-14-12/h1-10H/b11-9+. The zero-order valence-corrected chi connectivity index (χ0v) is 8.58. The van der Waals surface area contributed by atoms with E-state index in [0.29, 0.717) is 11.3 Å². The molecular formula is C13H10N2O. The number of hydrogen-bond acceptors (Lipinski definition) is 3. The molecule has 0 bridgehead atoms. The summed E-state index contributed by atoms with van der Waals surface area (Å²) in [6.07, 6.45) is 5.85. The molecular weight excluding hydrogens is 200 g/mol. The summed E-state index contributed by atoms with van der Waals surface area (Å²) < 4.78 is 0. The molecule has 0 N–H and O–H groups in total. The minimum absolute atomic E-state index is 0.527. The summed E-state index contributed by atoms with van der Waals surface area (Å²) in [4.78, 5) is 19.2. The molecule has 3 nitrogen and oxygen atoms in total. The van der Waals surface area contributed by atoms with Crippen LogP contribution in [0.3, 0.4) is 0 Å². The maximum Gasteiger partial charge on any atom is 0.152 e. The fourth-order valence-corrected chi connectivity index (χ4v) is 1.32. The van der Waals surface area contributed by atoms with Gasteiger partial charge in [0.2, 0.25) is 0 Å². The van der Waals surface area contributed by atoms with Crippen molar-refractivity contribution in [2.75, 3.05) is 0 Å². The van der Waals surface area contributed by atoms with Gasteiger partial charge in [-0.1, -0.05) is 12.1 Å². The molecule has 0 fully saturated rings. The highest BCUT2D eigenvalue weighted by atomic mass is 16.1. The zero-order valence-electron chi connectivity index (χ0n) is 8.58. The quantitative estimate of drug-likeness (QED) is 0.576. The van der Waals surface area contributed by atoms with Crippen LogP contribution in [0.25, 0.3) is 11.6 Å². The van der Waals surface area contributed by atoms with E-state index in [4.69, 9.17) is 0 Å². The van der Waals surface area contributed by atoms with Crippen molar-refractivity contribution in [3.05, 3.63) is 60.2 Å². The average Bonchev–Trinajstić information content (AvgIpc) is 2.38. The minimum Gasteiger partial charge on any atom is -0.298 e. The van der Waals surface area contributed by atoms with E-state index in [2.05, 4.69) is 9.97 Å². The summed E-state index contributed by atoms with van der Waals surface area (Å²) in [5.41, 5.74) is 1.93. The molecule has 0 saturated carbocycles. The number of aromatic nitrogens is 2. The van der Waals surface area contributed by atoms with Crippen LogP contribution >= 0.6 is 0 Å². The second kappa shape index (κ2) is 4.98. The summed E-state index contributed by atoms with van der Waals surface area (Å²) in [7, 11) is 0. The van der Waals surface area contributed by atoms with Crippen molar-refractivity contribution >= 4 is 17.9 Å². The lowest BCUT2D eigenvalue weighted by atomic mass is 10.1. The highest BCUT2D eigenvalue weighted by molar-refractivity contribution is 6.12. The molecule has 0 aliphatic carbocycles. The van der Waals surface area contributed by atoms with Crippen molar-refractivity contribution in [2.24, 2.45) is 0 Å². The Bertz CT molecular complexity index is 492. The van der Waals surface area contributed by atoms with E-state index in [1.165, 1.54) is 0 Å². The van der Waals surface area contributed by atoms with Crippen LogP contribution in [0.2, 0.25) is 0 Å². The predicted octanol–water partition coefficient (Wildman–Crippen LogP) is 2.22. The number of aldehydes is 1. The Morgan fingerprint density at radius 3 is 2.31 bits per heavy atom. The van der Waals surface area contributed by atoms with Crippen molar-refractivity contribution < 1.29 is 4.79 Å². The van der Waals surface area contributed by atoms with Gasteiger partial charge < -0.3 is 0 Å². The second-order valence-electron chi connectivity index (χ2n) is 3.19. The van der Waals surface area contributed by atoms with Gasteiger partial charge in [0.15, 0.2) is 6.29 Å². The highest BCUT2D eigenvalue weighted by Gasteiger charge is 2.01. The third-order valence-corrected chi connectivity index (χ3v) is 2.08. The van der Waals surface area contributed by atoms with Crippen LogP contribution in [0.15, 0.2) is 48.8 Å². The van der Waals surface area contributed by atoms with Crippen molar-refractivity contribution in [3.8, 4) is 0 Å². The van der Waals surface area contributed by atoms with Gasteiger partial charge in [-0.05, 0) is 30.3 Å². The molecule has 0 aliphatic heterocycles. The first-order valence-corrected chi connectivity index (χ1v) is 4.89. The van der Waals surface area contributed by atoms with Crippen molar-refractivity contribution in [1.82, 2.24) is 9.97 Å². The molecule has 0 amide bonds. The van der Waals surface area contributed by atoms with Gasteiger partial charge in [-0.15, -0.1) is 0 Å². The molecule has 3 heteroatoms. The van der Waals surface area contributed by atoms with E-state index in [0.717, 1.165) is 12.0 Å². The summed E-state index contributed by atoms with van der Waals surface area (Å²) in [6.45, 7) is 0. The smallest absolute Gasteiger partial charge is 0.152 e. The molecule has 0 radical (unpaired) electrons. The Labute approximate surface area is 93.5 Å². The van der Waals surface area contributed by atoms with Crippen molar-refractivity contribution in [2.45, 2.75) is 0 Å². The van der Waals surface area contributed by atoms with E-state index in [9.17, 15) is 4.79 Å². The van der Waals surface area contributed by atoms with Gasteiger partial charge in [0.25, 0.3) is 0 Å². The number of pyridine rings is 2. The molecule has 0 unspecified atom stereocenters. The molecule has 16 heavy (non-hydrogen) atoms. The Morgan fingerprint density at radius 1 is 1.00 bits per heavy atom. The third-order valence-electron chi connectivity index (χ3n) is 2.08. The number of allylic oxidation sites excluding steroid dienone is 1. The van der Waals surface area contributed by atoms with Gasteiger partial charge in [-0.3, -0.25) is 14.8 Å². The molecule has 2 heterocycles. The van der Waals surface area contributed by atoms with Crippen LogP contribution in [0.5, 0.6) is 0 Å². The van der Waals surface area contributed by atoms with Gasteiger partial charge in [0.05, 0.1) is 11.4 Å². The Morgan fingerprint density at radius 2 is 1.75 bits per heavy atom. The largest absolute Gasteiger partial charge is 0.298 e. The lowest BCUT2D eigenvalue weighted by Crippen LogP contribution is -1.90. The third kappa shape index (κ3) is 2.39. The maximum atomic E-state index is 11.0. The fraction of sp³-hybridized carbons (Fsp3) is 0. The Balaban J connectivity index is 2.38. The van der Waals surface area contributed by atoms with Crippen LogP contribution in [0, 0.1) is 0 Å². The monoisotopic (exact) mass is 210 g/mol. The fourth-order valence-electron chi connectivity index (χ4n) is 1.32. The number of carbonyl (C=O) groups excluding carboxylic acids is 1. The van der Waals surface area contributed by atoms with Crippen LogP contribution in [0.4, 0.5) is 0 Å². The molecule has 0 spiro atoms. The Kier molecular flexibility index (Phi) is 3.18. The highest BCUT2D eigenvalue weighted by Crippen LogP contribution is 2.12. The van der Waals surface area contributed by atoms with E-state index < -0.39 is 0 Å². The Hall–Kier alpha value is -2.29. The summed E-state index contributed by atoms with van der Waals surface area (Å²) in [5, 5.41) is 0. The van der Waals surface area contributed by atoms with E-state index in [1.54, 1.807) is 24.5 Å². The van der Waals surface area contributed by atoms with Crippen molar-refractivity contribution in [3.63, 3.8) is 0 Å².